The van der Waals surface area contributed by atoms with E-state index in [-0.39, 0.29) is 5.91 Å². The van der Waals surface area contributed by atoms with Gasteiger partial charge in [0, 0.05) is 18.3 Å². The molecule has 0 bridgehead atoms. The van der Waals surface area contributed by atoms with Gasteiger partial charge in [-0.1, -0.05) is 39.2 Å². The fraction of sp³-hybridized carbons (Fsp3) is 0.353. The van der Waals surface area contributed by atoms with Gasteiger partial charge in [0.1, 0.15) is 0 Å². The van der Waals surface area contributed by atoms with Gasteiger partial charge in [-0.15, -0.1) is 11.3 Å². The molecule has 20 heavy (non-hydrogen) atoms. The molecule has 0 aliphatic carbocycles. The molecular weight excluding hydrogens is 266 g/mol. The lowest BCUT2D eigenvalue weighted by Gasteiger charge is -2.08. The molecule has 0 saturated heterocycles. The molecule has 0 saturated carbocycles. The topological polar surface area (TPSA) is 29.1 Å². The minimum Gasteiger partial charge on any atom is -0.356 e. The maximum Gasteiger partial charge on any atom is 0.216 e. The summed E-state index contributed by atoms with van der Waals surface area (Å²) in [4.78, 5) is 12.1. The Balaban J connectivity index is 3.03. The number of allylic oxidation sites excluding steroid dienone is 2. The first kappa shape index (κ1) is 16.4. The van der Waals surface area contributed by atoms with E-state index in [4.69, 9.17) is 0 Å². The van der Waals surface area contributed by atoms with Crippen molar-refractivity contribution in [2.75, 3.05) is 6.54 Å². The van der Waals surface area contributed by atoms with Crippen molar-refractivity contribution >= 4 is 29.4 Å². The van der Waals surface area contributed by atoms with Crippen LogP contribution in [0.3, 0.4) is 0 Å². The Morgan fingerprint density at radius 2 is 2.15 bits per heavy atom. The van der Waals surface area contributed by atoms with Crippen LogP contribution in [0.2, 0.25) is 0 Å². The largest absolute Gasteiger partial charge is 0.356 e. The maximum atomic E-state index is 10.9. The summed E-state index contributed by atoms with van der Waals surface area (Å²) in [6, 6.07) is 0. The number of hydrogen-bond donors (Lipinski definition) is 1. The van der Waals surface area contributed by atoms with Crippen LogP contribution in [-0.2, 0) is 11.2 Å². The van der Waals surface area contributed by atoms with Crippen LogP contribution in [0, 0.1) is 5.92 Å². The van der Waals surface area contributed by atoms with E-state index >= 15 is 0 Å². The number of amides is 1. The molecule has 108 valence electrons. The van der Waals surface area contributed by atoms with Crippen molar-refractivity contribution in [2.45, 2.75) is 27.2 Å². The molecule has 0 spiro atoms. The molecule has 0 atom stereocenters. The highest BCUT2D eigenvalue weighted by molar-refractivity contribution is 7.11. The molecule has 0 aliphatic heterocycles. The van der Waals surface area contributed by atoms with Gasteiger partial charge >= 0.3 is 0 Å². The Morgan fingerprint density at radius 3 is 2.65 bits per heavy atom. The maximum absolute atomic E-state index is 10.9. The monoisotopic (exact) mass is 289 g/mol. The Bertz CT molecular complexity index is 523. The van der Waals surface area contributed by atoms with Crippen LogP contribution in [-0.4, -0.2) is 12.5 Å². The van der Waals surface area contributed by atoms with E-state index in [0.717, 1.165) is 6.42 Å². The van der Waals surface area contributed by atoms with E-state index in [1.807, 2.05) is 12.2 Å². The van der Waals surface area contributed by atoms with Gasteiger partial charge in [-0.3, -0.25) is 4.79 Å². The fourth-order valence-electron chi connectivity index (χ4n) is 1.94. The average molecular weight is 289 g/mol. The molecule has 3 heteroatoms. The van der Waals surface area contributed by atoms with Gasteiger partial charge < -0.3 is 5.32 Å². The van der Waals surface area contributed by atoms with Gasteiger partial charge in [0.25, 0.3) is 0 Å². The van der Waals surface area contributed by atoms with E-state index in [1.54, 1.807) is 11.3 Å². The summed E-state index contributed by atoms with van der Waals surface area (Å²) in [7, 11) is 0. The van der Waals surface area contributed by atoms with Crippen molar-refractivity contribution in [3.8, 4) is 0 Å². The average Bonchev–Trinajstić information content (AvgIpc) is 2.77. The molecule has 2 nitrogen and oxygen atoms in total. The third-order valence-electron chi connectivity index (χ3n) is 3.11. The van der Waals surface area contributed by atoms with Gasteiger partial charge in [-0.2, -0.15) is 0 Å². The molecule has 1 aromatic heterocycles. The molecule has 1 rings (SSSR count). The first-order chi connectivity index (χ1) is 9.49. The zero-order valence-electron chi connectivity index (χ0n) is 12.5. The van der Waals surface area contributed by atoms with Crippen LogP contribution in [0.15, 0.2) is 30.2 Å². The van der Waals surface area contributed by atoms with E-state index in [2.05, 4.69) is 43.8 Å². The zero-order chi connectivity index (χ0) is 15.1. The lowest BCUT2D eigenvalue weighted by Crippen LogP contribution is -2.22. The number of carbonyl (C=O) groups is 1. The first-order valence-corrected chi connectivity index (χ1v) is 7.68. The summed E-state index contributed by atoms with van der Waals surface area (Å²) >= 11 is 1.69. The molecule has 0 aliphatic rings. The van der Waals surface area contributed by atoms with Crippen LogP contribution in [0.25, 0.3) is 12.2 Å². The summed E-state index contributed by atoms with van der Waals surface area (Å²) in [5.74, 6) is 0.448. The van der Waals surface area contributed by atoms with Crippen molar-refractivity contribution in [1.29, 1.82) is 0 Å². The van der Waals surface area contributed by atoms with Crippen LogP contribution < -0.4 is 5.32 Å². The van der Waals surface area contributed by atoms with Gasteiger partial charge in [-0.05, 0) is 40.5 Å². The lowest BCUT2D eigenvalue weighted by atomic mass is 9.98. The highest BCUT2D eigenvalue weighted by Crippen LogP contribution is 2.28. The Hall–Kier alpha value is -1.61. The molecule has 1 heterocycles. The second-order valence-electron chi connectivity index (χ2n) is 4.98. The Labute approximate surface area is 125 Å². The second kappa shape index (κ2) is 7.85. The lowest BCUT2D eigenvalue weighted by molar-refractivity contribution is -0.118. The van der Waals surface area contributed by atoms with E-state index in [9.17, 15) is 4.79 Å². The summed E-state index contributed by atoms with van der Waals surface area (Å²) in [6.45, 7) is 14.3. The summed E-state index contributed by atoms with van der Waals surface area (Å²) in [5, 5.41) is 4.98. The van der Waals surface area contributed by atoms with Crippen LogP contribution in [0.5, 0.6) is 0 Å². The van der Waals surface area contributed by atoms with Crippen molar-refractivity contribution in [1.82, 2.24) is 5.32 Å². The molecule has 1 aromatic rings. The highest BCUT2D eigenvalue weighted by atomic mass is 32.1. The fourth-order valence-corrected chi connectivity index (χ4v) is 2.86. The number of carbonyl (C=O) groups excluding carboxylic acids is 1. The van der Waals surface area contributed by atoms with Crippen LogP contribution in [0.1, 0.15) is 36.8 Å². The standard InChI is InChI=1S/C17H23NOS/c1-6-14(12(3)4)10-16-15(8-9-18-13(5)19)11-20-17(16)7-2/h6-7,10-12H,1-2,8-9H2,3-5H3,(H,18,19)/b14-10+. The minimum atomic E-state index is 0.00947. The Morgan fingerprint density at radius 1 is 1.45 bits per heavy atom. The highest BCUT2D eigenvalue weighted by Gasteiger charge is 2.09. The van der Waals surface area contributed by atoms with Crippen molar-refractivity contribution in [2.24, 2.45) is 5.92 Å². The molecule has 1 N–H and O–H groups in total. The SMILES string of the molecule is C=C/C(=C\c1c(CCNC(C)=O)csc1C=C)C(C)C. The van der Waals surface area contributed by atoms with Gasteiger partial charge in [0.05, 0.1) is 0 Å². The smallest absolute Gasteiger partial charge is 0.216 e. The van der Waals surface area contributed by atoms with Crippen molar-refractivity contribution in [3.63, 3.8) is 0 Å². The van der Waals surface area contributed by atoms with Crippen molar-refractivity contribution in [3.05, 3.63) is 46.2 Å². The molecule has 0 aromatic carbocycles. The predicted molar refractivity (Wildman–Crippen MR) is 89.8 cm³/mol. The number of hydrogen-bond acceptors (Lipinski definition) is 2. The molecule has 0 unspecified atom stereocenters. The third-order valence-corrected chi connectivity index (χ3v) is 4.15. The normalized spacial score (nSPS) is 11.5. The number of thiophene rings is 1. The Kier molecular flexibility index (Phi) is 6.46. The van der Waals surface area contributed by atoms with Gasteiger partial charge in [-0.25, -0.2) is 0 Å². The third kappa shape index (κ3) is 4.49. The van der Waals surface area contributed by atoms with Crippen LogP contribution in [0.4, 0.5) is 0 Å². The molecule has 0 radical (unpaired) electrons. The quantitative estimate of drug-likeness (QED) is 0.745. The van der Waals surface area contributed by atoms with E-state index in [0.29, 0.717) is 12.5 Å². The summed E-state index contributed by atoms with van der Waals surface area (Å²) in [5.41, 5.74) is 3.67. The van der Waals surface area contributed by atoms with E-state index < -0.39 is 0 Å². The molecular formula is C17H23NOS. The molecule has 0 fully saturated rings. The second-order valence-corrected chi connectivity index (χ2v) is 5.89. The first-order valence-electron chi connectivity index (χ1n) is 6.80. The van der Waals surface area contributed by atoms with Gasteiger partial charge in [0.2, 0.25) is 5.91 Å². The summed E-state index contributed by atoms with van der Waals surface area (Å²) in [6.07, 6.45) is 6.82. The van der Waals surface area contributed by atoms with Crippen LogP contribution >= 0.6 is 11.3 Å². The molecule has 1 amide bonds. The number of nitrogens with one attached hydrogen (secondary N) is 1. The van der Waals surface area contributed by atoms with E-state index in [1.165, 1.54) is 28.5 Å². The van der Waals surface area contributed by atoms with Crippen molar-refractivity contribution < 1.29 is 4.79 Å². The summed E-state index contributed by atoms with van der Waals surface area (Å²) < 4.78 is 0. The van der Waals surface area contributed by atoms with Gasteiger partial charge in [0.15, 0.2) is 0 Å². The number of rotatable bonds is 7. The zero-order valence-corrected chi connectivity index (χ0v) is 13.3. The predicted octanol–water partition coefficient (Wildman–Crippen LogP) is 4.30. The minimum absolute atomic E-state index is 0.00947.